The summed E-state index contributed by atoms with van der Waals surface area (Å²) in [6.07, 6.45) is 3.73. The molecule has 16 heteroatoms. The average Bonchev–Trinajstić information content (AvgIpc) is 3.19. The van der Waals surface area contributed by atoms with Gasteiger partial charge in [0, 0.05) is 24.0 Å². The largest absolute Gasteiger partial charge is 0.478 e. The van der Waals surface area contributed by atoms with E-state index >= 15 is 0 Å². The molecule has 1 aromatic carbocycles. The van der Waals surface area contributed by atoms with Crippen LogP contribution < -0.4 is 19.3 Å². The number of alkyl halides is 2. The fourth-order valence-corrected chi connectivity index (χ4v) is 4.24. The minimum absolute atomic E-state index is 0.0433. The van der Waals surface area contributed by atoms with Gasteiger partial charge in [0.2, 0.25) is 21.7 Å². The smallest absolute Gasteiger partial charge is 0.387 e. The number of halogens is 4. The summed E-state index contributed by atoms with van der Waals surface area (Å²) in [7, 11) is -2.16. The van der Waals surface area contributed by atoms with E-state index in [0.717, 1.165) is 31.0 Å². The summed E-state index contributed by atoms with van der Waals surface area (Å²) in [6, 6.07) is 2.37. The van der Waals surface area contributed by atoms with Crippen molar-refractivity contribution in [2.45, 2.75) is 11.5 Å². The van der Waals surface area contributed by atoms with Gasteiger partial charge in [-0.25, -0.2) is 27.9 Å². The summed E-state index contributed by atoms with van der Waals surface area (Å²) in [4.78, 5) is 15.7. The molecule has 3 aromatic heterocycles. The number of aromatic nitrogens is 5. The van der Waals surface area contributed by atoms with Gasteiger partial charge in [0.1, 0.15) is 10.7 Å². The second kappa shape index (κ2) is 9.16. The van der Waals surface area contributed by atoms with Crippen LogP contribution in [0.3, 0.4) is 0 Å². The fraction of sp³-hybridized carbons (Fsp3) is 0.158. The lowest BCUT2D eigenvalue weighted by Gasteiger charge is -2.15. The molecule has 0 bridgehead atoms. The molecule has 0 unspecified atom stereocenters. The molecule has 2 N–H and O–H groups in total. The van der Waals surface area contributed by atoms with Gasteiger partial charge in [-0.2, -0.15) is 18.7 Å². The van der Waals surface area contributed by atoms with E-state index in [1.807, 2.05) is 0 Å². The molecule has 3 heterocycles. The van der Waals surface area contributed by atoms with E-state index in [2.05, 4.69) is 24.7 Å². The minimum atomic E-state index is -4.41. The third-order valence-corrected chi connectivity index (χ3v) is 5.95. The van der Waals surface area contributed by atoms with Crippen molar-refractivity contribution in [3.05, 3.63) is 41.6 Å². The summed E-state index contributed by atoms with van der Waals surface area (Å²) < 4.78 is 80.8. The summed E-state index contributed by atoms with van der Waals surface area (Å²) >= 11 is 6.25. The number of nitrogens with zero attached hydrogens (tertiary/aromatic N) is 5. The predicted molar refractivity (Wildman–Crippen MR) is 116 cm³/mol. The SMILES string of the molecule is COc1nc(-n2cc(S(N)(=O)=O)c3cc(F)c(Cl)c(-c4ncccn4)c32)nc(OC)c1OC(F)F. The Morgan fingerprint density at radius 1 is 1.11 bits per heavy atom. The molecule has 0 atom stereocenters. The van der Waals surface area contributed by atoms with Crippen LogP contribution in [-0.2, 0) is 10.0 Å². The number of rotatable bonds is 7. The van der Waals surface area contributed by atoms with Gasteiger partial charge in [-0.15, -0.1) is 0 Å². The molecule has 4 aromatic rings. The van der Waals surface area contributed by atoms with Crippen LogP contribution in [0.4, 0.5) is 13.2 Å². The monoisotopic (exact) mass is 530 g/mol. The van der Waals surface area contributed by atoms with E-state index < -0.39 is 49.9 Å². The standard InChI is InChI=1S/C19H14ClF3N6O5S/c1-32-16-14(34-18(22)23)17(33-2)28-19(27-16)29-7-10(35(24,30)31)8-6-9(21)12(20)11(13(8)29)15-25-4-3-5-26-15/h3-7,18H,1-2H3,(H2,24,30,31). The summed E-state index contributed by atoms with van der Waals surface area (Å²) in [6.45, 7) is -3.25. The van der Waals surface area contributed by atoms with Crippen LogP contribution in [0.5, 0.6) is 17.5 Å². The predicted octanol–water partition coefficient (Wildman–Crippen LogP) is 2.94. The number of hydrogen-bond donors (Lipinski definition) is 1. The van der Waals surface area contributed by atoms with Crippen molar-refractivity contribution in [1.29, 1.82) is 0 Å². The van der Waals surface area contributed by atoms with Crippen LogP contribution in [0.2, 0.25) is 5.02 Å². The minimum Gasteiger partial charge on any atom is -0.478 e. The van der Waals surface area contributed by atoms with E-state index in [0.29, 0.717) is 0 Å². The first-order chi connectivity index (χ1) is 16.6. The van der Waals surface area contributed by atoms with Gasteiger partial charge in [0.15, 0.2) is 5.82 Å². The lowest BCUT2D eigenvalue weighted by atomic mass is 10.1. The third-order valence-electron chi connectivity index (χ3n) is 4.64. The highest BCUT2D eigenvalue weighted by Gasteiger charge is 2.29. The number of hydrogen-bond acceptors (Lipinski definition) is 9. The van der Waals surface area contributed by atoms with Gasteiger partial charge in [-0.1, -0.05) is 11.6 Å². The van der Waals surface area contributed by atoms with Crippen LogP contribution in [0, 0.1) is 5.82 Å². The maximum absolute atomic E-state index is 14.8. The van der Waals surface area contributed by atoms with E-state index in [4.69, 9.17) is 26.2 Å². The zero-order valence-electron chi connectivity index (χ0n) is 17.7. The number of benzene rings is 1. The molecule has 0 saturated carbocycles. The van der Waals surface area contributed by atoms with E-state index in [1.165, 1.54) is 18.5 Å². The molecular formula is C19H14ClF3N6O5S. The van der Waals surface area contributed by atoms with Gasteiger partial charge < -0.3 is 14.2 Å². The molecule has 11 nitrogen and oxygen atoms in total. The summed E-state index contributed by atoms with van der Waals surface area (Å²) in [5.74, 6) is -2.89. The molecule has 0 aliphatic heterocycles. The van der Waals surface area contributed by atoms with E-state index in [-0.39, 0.29) is 28.2 Å². The van der Waals surface area contributed by atoms with Crippen LogP contribution in [0.25, 0.3) is 28.2 Å². The summed E-state index contributed by atoms with van der Waals surface area (Å²) in [5.41, 5.74) is -0.148. The molecule has 0 aliphatic rings. The van der Waals surface area contributed by atoms with Crippen molar-refractivity contribution in [2.75, 3.05) is 14.2 Å². The molecule has 0 amide bonds. The zero-order chi connectivity index (χ0) is 25.5. The van der Waals surface area contributed by atoms with Crippen molar-refractivity contribution < 1.29 is 35.8 Å². The number of sulfonamides is 1. The first-order valence-corrected chi connectivity index (χ1v) is 11.3. The first kappa shape index (κ1) is 24.4. The van der Waals surface area contributed by atoms with Crippen molar-refractivity contribution >= 4 is 32.5 Å². The van der Waals surface area contributed by atoms with Crippen LogP contribution >= 0.6 is 11.6 Å². The number of primary sulfonamides is 1. The third kappa shape index (κ3) is 4.40. The van der Waals surface area contributed by atoms with E-state index in [9.17, 15) is 21.6 Å². The Morgan fingerprint density at radius 3 is 2.23 bits per heavy atom. The number of fused-ring (bicyclic) bond motifs is 1. The zero-order valence-corrected chi connectivity index (χ0v) is 19.3. The first-order valence-electron chi connectivity index (χ1n) is 9.35. The fourth-order valence-electron chi connectivity index (χ4n) is 3.30. The number of nitrogens with two attached hydrogens (primary N) is 1. The van der Waals surface area contributed by atoms with Gasteiger partial charge >= 0.3 is 6.61 Å². The Hall–Kier alpha value is -3.69. The Morgan fingerprint density at radius 2 is 1.71 bits per heavy atom. The highest BCUT2D eigenvalue weighted by molar-refractivity contribution is 7.89. The number of methoxy groups -OCH3 is 2. The van der Waals surface area contributed by atoms with Crippen molar-refractivity contribution in [3.8, 4) is 34.8 Å². The maximum atomic E-state index is 14.8. The van der Waals surface area contributed by atoms with Crippen molar-refractivity contribution in [1.82, 2.24) is 24.5 Å². The van der Waals surface area contributed by atoms with Gasteiger partial charge in [0.25, 0.3) is 11.8 Å². The lowest BCUT2D eigenvalue weighted by molar-refractivity contribution is -0.0534. The van der Waals surface area contributed by atoms with Gasteiger partial charge in [-0.05, 0) is 12.1 Å². The second-order valence-corrected chi connectivity index (χ2v) is 8.58. The molecule has 4 rings (SSSR count). The highest BCUT2D eigenvalue weighted by atomic mass is 35.5. The quantitative estimate of drug-likeness (QED) is 0.381. The molecule has 0 radical (unpaired) electrons. The highest BCUT2D eigenvalue weighted by Crippen LogP contribution is 2.41. The molecule has 35 heavy (non-hydrogen) atoms. The van der Waals surface area contributed by atoms with Crippen LogP contribution in [0.15, 0.2) is 35.6 Å². The van der Waals surface area contributed by atoms with Crippen LogP contribution in [-0.4, -0.2) is 53.8 Å². The normalized spacial score (nSPS) is 11.8. The lowest BCUT2D eigenvalue weighted by Crippen LogP contribution is -2.12. The molecule has 184 valence electrons. The van der Waals surface area contributed by atoms with E-state index in [1.54, 1.807) is 0 Å². The van der Waals surface area contributed by atoms with Gasteiger partial charge in [0.05, 0.1) is 30.3 Å². The average molecular weight is 531 g/mol. The van der Waals surface area contributed by atoms with Crippen LogP contribution in [0.1, 0.15) is 0 Å². The molecule has 0 aliphatic carbocycles. The molecule has 0 fully saturated rings. The molecule has 0 saturated heterocycles. The molecule has 0 spiro atoms. The van der Waals surface area contributed by atoms with Crippen molar-refractivity contribution in [2.24, 2.45) is 5.14 Å². The maximum Gasteiger partial charge on any atom is 0.387 e. The Balaban J connectivity index is 2.16. The molecular weight excluding hydrogens is 517 g/mol. The second-order valence-electron chi connectivity index (χ2n) is 6.67. The summed E-state index contributed by atoms with van der Waals surface area (Å²) in [5, 5.41) is 4.74. The number of ether oxygens (including phenoxy) is 3. The van der Waals surface area contributed by atoms with Crippen molar-refractivity contribution in [3.63, 3.8) is 0 Å². The Kier molecular flexibility index (Phi) is 6.40. The Labute approximate surface area is 200 Å². The van der Waals surface area contributed by atoms with Gasteiger partial charge in [-0.3, -0.25) is 4.57 Å². The Bertz CT molecular complexity index is 1510. The topological polar surface area (TPSA) is 144 Å².